The molecular formula is C20H26FN5O3S. The highest BCUT2D eigenvalue weighted by atomic mass is 32.2. The molecule has 0 spiro atoms. The van der Waals surface area contributed by atoms with Crippen molar-refractivity contribution in [1.82, 2.24) is 20.2 Å². The van der Waals surface area contributed by atoms with E-state index in [0.29, 0.717) is 28.7 Å². The van der Waals surface area contributed by atoms with Crippen molar-refractivity contribution in [2.45, 2.75) is 12.8 Å². The summed E-state index contributed by atoms with van der Waals surface area (Å²) < 4.78 is 19.2. The largest absolute Gasteiger partial charge is 0.415 e. The molecule has 0 unspecified atom stereocenters. The van der Waals surface area contributed by atoms with Gasteiger partial charge in [-0.25, -0.2) is 14.6 Å². The minimum atomic E-state index is -0.595. The van der Waals surface area contributed by atoms with Gasteiger partial charge in [-0.15, -0.1) is 0 Å². The second-order valence-electron chi connectivity index (χ2n) is 7.35. The lowest BCUT2D eigenvalue weighted by Crippen LogP contribution is -2.45. The highest BCUT2D eigenvalue weighted by Gasteiger charge is 2.27. The third-order valence-electron chi connectivity index (χ3n) is 4.61. The van der Waals surface area contributed by atoms with Crippen molar-refractivity contribution in [1.29, 1.82) is 0 Å². The minimum absolute atomic E-state index is 0.0575. The number of amides is 2. The van der Waals surface area contributed by atoms with Crippen molar-refractivity contribution < 1.29 is 18.7 Å². The van der Waals surface area contributed by atoms with Gasteiger partial charge in [-0.3, -0.25) is 9.80 Å². The zero-order chi connectivity index (χ0) is 21.7. The molecule has 2 aliphatic rings. The van der Waals surface area contributed by atoms with E-state index in [4.69, 9.17) is 4.74 Å². The SMILES string of the molecule is CN(C)CCN(C)C(=O)Oc1cc(F)ccc1C=C1SC(N2CCCCN2)=NC1=O. The van der Waals surface area contributed by atoms with Crippen molar-refractivity contribution in [3.8, 4) is 5.75 Å². The first-order chi connectivity index (χ1) is 14.3. The van der Waals surface area contributed by atoms with Crippen molar-refractivity contribution in [3.05, 3.63) is 34.5 Å². The minimum Gasteiger partial charge on any atom is -0.409 e. The molecule has 1 fully saturated rings. The first-order valence-electron chi connectivity index (χ1n) is 9.74. The quantitative estimate of drug-likeness (QED) is 0.712. The number of hydrazine groups is 1. The van der Waals surface area contributed by atoms with Crippen LogP contribution in [0.1, 0.15) is 18.4 Å². The Morgan fingerprint density at radius 1 is 1.33 bits per heavy atom. The molecule has 1 saturated heterocycles. The Balaban J connectivity index is 1.73. The molecule has 2 heterocycles. The number of amidine groups is 1. The molecule has 0 bridgehead atoms. The lowest BCUT2D eigenvalue weighted by Gasteiger charge is -2.28. The van der Waals surface area contributed by atoms with Crippen LogP contribution in [0.15, 0.2) is 28.1 Å². The van der Waals surface area contributed by atoms with Gasteiger partial charge in [-0.2, -0.15) is 4.99 Å². The Labute approximate surface area is 179 Å². The van der Waals surface area contributed by atoms with E-state index in [1.807, 2.05) is 24.0 Å². The van der Waals surface area contributed by atoms with Crippen LogP contribution in [0, 0.1) is 5.82 Å². The van der Waals surface area contributed by atoms with Crippen LogP contribution >= 0.6 is 11.8 Å². The molecule has 0 radical (unpaired) electrons. The summed E-state index contributed by atoms with van der Waals surface area (Å²) >= 11 is 1.24. The highest BCUT2D eigenvalue weighted by Crippen LogP contribution is 2.33. The third kappa shape index (κ3) is 5.80. The van der Waals surface area contributed by atoms with Gasteiger partial charge in [0.05, 0.1) is 4.91 Å². The fourth-order valence-corrected chi connectivity index (χ4v) is 3.75. The third-order valence-corrected chi connectivity index (χ3v) is 5.61. The van der Waals surface area contributed by atoms with Gasteiger partial charge in [0.15, 0.2) is 5.17 Å². The lowest BCUT2D eigenvalue weighted by molar-refractivity contribution is -0.113. The van der Waals surface area contributed by atoms with Crippen LogP contribution < -0.4 is 10.2 Å². The smallest absolute Gasteiger partial charge is 0.409 e. The van der Waals surface area contributed by atoms with E-state index >= 15 is 0 Å². The fraction of sp³-hybridized carbons (Fsp3) is 0.450. The van der Waals surface area contributed by atoms with Gasteiger partial charge in [0, 0.05) is 44.9 Å². The second kappa shape index (κ2) is 10.1. The van der Waals surface area contributed by atoms with Crippen LogP contribution in [0.4, 0.5) is 9.18 Å². The average Bonchev–Trinajstić information content (AvgIpc) is 3.09. The van der Waals surface area contributed by atoms with Gasteiger partial charge in [-0.1, -0.05) is 0 Å². The van der Waals surface area contributed by atoms with Crippen molar-refractivity contribution in [3.63, 3.8) is 0 Å². The van der Waals surface area contributed by atoms with Gasteiger partial charge in [-0.05, 0) is 56.9 Å². The second-order valence-corrected chi connectivity index (χ2v) is 8.36. The van der Waals surface area contributed by atoms with Gasteiger partial charge >= 0.3 is 6.09 Å². The zero-order valence-electron chi connectivity index (χ0n) is 17.4. The standard InChI is InChI=1S/C20H26FN5O3S/c1-24(2)10-11-25(3)20(28)29-16-13-15(21)7-6-14(16)12-17-18(27)23-19(30-17)26-9-5-4-8-22-26/h6-7,12-13,22H,4-5,8-11H2,1-3H3. The topological polar surface area (TPSA) is 77.5 Å². The van der Waals surface area contributed by atoms with E-state index in [9.17, 15) is 14.0 Å². The molecule has 10 heteroatoms. The maximum Gasteiger partial charge on any atom is 0.415 e. The number of nitrogens with one attached hydrogen (secondary N) is 1. The van der Waals surface area contributed by atoms with Gasteiger partial charge in [0.2, 0.25) is 0 Å². The van der Waals surface area contributed by atoms with E-state index in [1.54, 1.807) is 13.1 Å². The lowest BCUT2D eigenvalue weighted by atomic mass is 10.2. The number of aliphatic imine (C=N–C) groups is 1. The number of rotatable bonds is 5. The summed E-state index contributed by atoms with van der Waals surface area (Å²) in [6, 6.07) is 3.88. The van der Waals surface area contributed by atoms with Gasteiger partial charge in [0.25, 0.3) is 5.91 Å². The van der Waals surface area contributed by atoms with Crippen LogP contribution in [0.2, 0.25) is 0 Å². The van der Waals surface area contributed by atoms with Gasteiger partial charge < -0.3 is 14.5 Å². The molecule has 2 aliphatic heterocycles. The molecular weight excluding hydrogens is 409 g/mol. The van der Waals surface area contributed by atoms with Crippen molar-refractivity contribution >= 4 is 35.0 Å². The van der Waals surface area contributed by atoms with Crippen LogP contribution in [0.5, 0.6) is 5.75 Å². The van der Waals surface area contributed by atoms with Crippen LogP contribution in [0.3, 0.4) is 0 Å². The molecule has 3 rings (SSSR count). The maximum atomic E-state index is 13.8. The van der Waals surface area contributed by atoms with Crippen LogP contribution in [-0.4, -0.2) is 79.3 Å². The van der Waals surface area contributed by atoms with Crippen molar-refractivity contribution in [2.75, 3.05) is 47.3 Å². The first kappa shape index (κ1) is 22.3. The molecule has 0 saturated carbocycles. The van der Waals surface area contributed by atoms with Crippen molar-refractivity contribution in [2.24, 2.45) is 4.99 Å². The number of nitrogens with zero attached hydrogens (tertiary/aromatic N) is 4. The molecule has 8 nitrogen and oxygen atoms in total. The monoisotopic (exact) mass is 435 g/mol. The Kier molecular flexibility index (Phi) is 7.46. The maximum absolute atomic E-state index is 13.8. The zero-order valence-corrected chi connectivity index (χ0v) is 18.2. The molecule has 1 aromatic carbocycles. The fourth-order valence-electron chi connectivity index (χ4n) is 2.84. The molecule has 0 atom stereocenters. The molecule has 162 valence electrons. The molecule has 30 heavy (non-hydrogen) atoms. The summed E-state index contributed by atoms with van der Waals surface area (Å²) in [5, 5.41) is 2.47. The van der Waals surface area contributed by atoms with Gasteiger partial charge in [0.1, 0.15) is 11.6 Å². The number of carbonyl (C=O) groups excluding carboxylic acids is 2. The molecule has 0 aliphatic carbocycles. The average molecular weight is 436 g/mol. The predicted octanol–water partition coefficient (Wildman–Crippen LogP) is 2.39. The summed E-state index contributed by atoms with van der Waals surface area (Å²) in [5.41, 5.74) is 3.65. The van der Waals surface area contributed by atoms with E-state index in [2.05, 4.69) is 10.4 Å². The number of thioether (sulfide) groups is 1. The summed E-state index contributed by atoms with van der Waals surface area (Å²) in [6.45, 7) is 2.75. The van der Waals surface area contributed by atoms with Crippen LogP contribution in [-0.2, 0) is 4.79 Å². The molecule has 0 aromatic heterocycles. The summed E-state index contributed by atoms with van der Waals surface area (Å²) in [7, 11) is 5.43. The normalized spacial score (nSPS) is 18.2. The number of likely N-dealkylation sites (N-methyl/N-ethyl adjacent to an activating group) is 2. The molecule has 2 amide bonds. The Morgan fingerprint density at radius 3 is 2.83 bits per heavy atom. The first-order valence-corrected chi connectivity index (χ1v) is 10.6. The predicted molar refractivity (Wildman–Crippen MR) is 116 cm³/mol. The number of ether oxygens (including phenoxy) is 1. The highest BCUT2D eigenvalue weighted by molar-refractivity contribution is 8.18. The Bertz CT molecular complexity index is 868. The summed E-state index contributed by atoms with van der Waals surface area (Å²) in [6.07, 6.45) is 3.09. The number of halogens is 1. The van der Waals surface area contributed by atoms with Crippen LogP contribution in [0.25, 0.3) is 6.08 Å². The van der Waals surface area contributed by atoms with E-state index < -0.39 is 11.9 Å². The summed E-state index contributed by atoms with van der Waals surface area (Å²) in [5.74, 6) is -0.843. The molecule has 1 aromatic rings. The number of carbonyl (C=O) groups is 2. The molecule has 1 N–H and O–H groups in total. The number of hydrogen-bond donors (Lipinski definition) is 1. The Hall–Kier alpha value is -2.43. The number of hydrogen-bond acceptors (Lipinski definition) is 7. The number of benzene rings is 1. The Morgan fingerprint density at radius 2 is 2.13 bits per heavy atom. The van der Waals surface area contributed by atoms with E-state index in [-0.39, 0.29) is 11.7 Å². The van der Waals surface area contributed by atoms with E-state index in [1.165, 1.54) is 28.8 Å². The van der Waals surface area contributed by atoms with E-state index in [0.717, 1.165) is 32.0 Å². The summed E-state index contributed by atoms with van der Waals surface area (Å²) in [4.78, 5) is 32.6.